The van der Waals surface area contributed by atoms with Crippen molar-refractivity contribution in [2.75, 3.05) is 54.5 Å². The average Bonchev–Trinajstić information content (AvgIpc) is 2.90. The van der Waals surface area contributed by atoms with Crippen LogP contribution in [0.5, 0.6) is 11.5 Å². The van der Waals surface area contributed by atoms with Gasteiger partial charge in [0.25, 0.3) is 15.9 Å². The van der Waals surface area contributed by atoms with Gasteiger partial charge >= 0.3 is 0 Å². The minimum absolute atomic E-state index is 0.0574. The number of nitrogens with one attached hydrogen (secondary N) is 2. The molecule has 2 aliphatic rings. The summed E-state index contributed by atoms with van der Waals surface area (Å²) in [5, 5.41) is 3.40. The van der Waals surface area contributed by atoms with E-state index < -0.39 is 15.9 Å². The van der Waals surface area contributed by atoms with Crippen LogP contribution in [0.2, 0.25) is 10.0 Å². The molecule has 0 radical (unpaired) electrons. The average molecular weight is 564 g/mol. The summed E-state index contributed by atoms with van der Waals surface area (Å²) in [6, 6.07) is 13.9. The lowest BCUT2D eigenvalue weighted by molar-refractivity contribution is 0.102. The van der Waals surface area contributed by atoms with Crippen molar-refractivity contribution in [3.63, 3.8) is 0 Å². The Balaban J connectivity index is 1.47. The van der Waals surface area contributed by atoms with E-state index in [2.05, 4.69) is 10.0 Å². The Labute approximate surface area is 224 Å². The van der Waals surface area contributed by atoms with E-state index >= 15 is 0 Å². The first-order chi connectivity index (χ1) is 17.8. The number of carbonyl (C=O) groups is 1. The number of fused-ring (bicyclic) bond motifs is 1. The molecule has 1 fully saturated rings. The number of sulfonamides is 1. The molecule has 9 nitrogen and oxygen atoms in total. The van der Waals surface area contributed by atoms with E-state index in [-0.39, 0.29) is 15.6 Å². The van der Waals surface area contributed by atoms with E-state index in [1.807, 2.05) is 4.90 Å². The van der Waals surface area contributed by atoms with Crippen LogP contribution in [0.4, 0.5) is 17.1 Å². The number of hydrogen-bond acceptors (Lipinski definition) is 7. The lowest BCUT2D eigenvalue weighted by Crippen LogP contribution is -2.36. The van der Waals surface area contributed by atoms with Crippen molar-refractivity contribution >= 4 is 56.2 Å². The van der Waals surface area contributed by atoms with Gasteiger partial charge in [-0.2, -0.15) is 0 Å². The molecule has 12 heteroatoms. The first-order valence-electron chi connectivity index (χ1n) is 11.5. The molecule has 3 aromatic carbocycles. The van der Waals surface area contributed by atoms with Crippen LogP contribution < -0.4 is 24.4 Å². The third-order valence-corrected chi connectivity index (χ3v) is 7.78. The van der Waals surface area contributed by atoms with Crippen molar-refractivity contribution in [3.05, 3.63) is 70.2 Å². The maximum absolute atomic E-state index is 13.2. The standard InChI is InChI=1S/C25H23Cl2N3O6S/c26-17-2-4-19(27)20(14-17)29-37(32,33)18-3-5-22(30-7-9-34-10-8-30)21(15-18)28-25(31)16-1-6-23-24(13-16)36-12-11-35-23/h1-6,13-15,29H,7-12H2,(H,28,31). The molecule has 3 aromatic rings. The van der Waals surface area contributed by atoms with Crippen molar-refractivity contribution < 1.29 is 27.4 Å². The Morgan fingerprint density at radius 3 is 2.38 bits per heavy atom. The fourth-order valence-electron chi connectivity index (χ4n) is 4.02. The van der Waals surface area contributed by atoms with E-state index in [1.54, 1.807) is 30.3 Å². The molecule has 0 spiro atoms. The van der Waals surface area contributed by atoms with E-state index in [0.29, 0.717) is 73.0 Å². The number of ether oxygens (including phenoxy) is 3. The number of anilines is 3. The Hall–Kier alpha value is -3.18. The minimum atomic E-state index is -4.06. The highest BCUT2D eigenvalue weighted by molar-refractivity contribution is 7.92. The van der Waals surface area contributed by atoms with Crippen molar-refractivity contribution in [2.45, 2.75) is 4.90 Å². The van der Waals surface area contributed by atoms with Crippen LogP contribution in [-0.4, -0.2) is 53.8 Å². The number of amides is 1. The first-order valence-corrected chi connectivity index (χ1v) is 13.7. The molecule has 0 aliphatic carbocycles. The quantitative estimate of drug-likeness (QED) is 0.449. The third-order valence-electron chi connectivity index (χ3n) is 5.86. The maximum atomic E-state index is 13.2. The van der Waals surface area contributed by atoms with E-state index in [4.69, 9.17) is 37.4 Å². The summed E-state index contributed by atoms with van der Waals surface area (Å²) in [5.74, 6) is 0.619. The molecule has 0 atom stereocenters. The number of halogens is 2. The number of hydrogen-bond donors (Lipinski definition) is 2. The summed E-state index contributed by atoms with van der Waals surface area (Å²) in [7, 11) is -4.06. The minimum Gasteiger partial charge on any atom is -0.486 e. The Kier molecular flexibility index (Phi) is 7.34. The van der Waals surface area contributed by atoms with Crippen LogP contribution in [0, 0.1) is 0 Å². The zero-order valence-corrected chi connectivity index (χ0v) is 21.8. The molecule has 0 saturated carbocycles. The highest BCUT2D eigenvalue weighted by Gasteiger charge is 2.23. The molecule has 0 bridgehead atoms. The van der Waals surface area contributed by atoms with Gasteiger partial charge in [-0.05, 0) is 54.6 Å². The van der Waals surface area contributed by atoms with Crippen LogP contribution in [-0.2, 0) is 14.8 Å². The van der Waals surface area contributed by atoms with Crippen molar-refractivity contribution in [2.24, 2.45) is 0 Å². The van der Waals surface area contributed by atoms with Gasteiger partial charge in [0.1, 0.15) is 13.2 Å². The van der Waals surface area contributed by atoms with Gasteiger partial charge in [0, 0.05) is 23.7 Å². The number of nitrogens with zero attached hydrogens (tertiary/aromatic N) is 1. The summed E-state index contributed by atoms with van der Waals surface area (Å²) in [6.07, 6.45) is 0. The predicted molar refractivity (Wildman–Crippen MR) is 142 cm³/mol. The first kappa shape index (κ1) is 25.5. The van der Waals surface area contributed by atoms with Crippen LogP contribution in [0.25, 0.3) is 0 Å². The summed E-state index contributed by atoms with van der Waals surface area (Å²) < 4.78 is 45.5. The summed E-state index contributed by atoms with van der Waals surface area (Å²) in [4.78, 5) is 15.2. The van der Waals surface area contributed by atoms with Crippen molar-refractivity contribution in [1.29, 1.82) is 0 Å². The Bertz CT molecular complexity index is 1440. The highest BCUT2D eigenvalue weighted by Crippen LogP contribution is 2.34. The molecule has 2 aliphatic heterocycles. The molecule has 1 amide bonds. The van der Waals surface area contributed by atoms with Crippen LogP contribution in [0.1, 0.15) is 10.4 Å². The molecule has 194 valence electrons. The van der Waals surface area contributed by atoms with Crippen LogP contribution in [0.3, 0.4) is 0 Å². The Morgan fingerprint density at radius 1 is 0.838 bits per heavy atom. The largest absolute Gasteiger partial charge is 0.486 e. The SMILES string of the molecule is O=C(Nc1cc(S(=O)(=O)Nc2cc(Cl)ccc2Cl)ccc1N1CCOCC1)c1ccc2c(c1)OCCO2. The molecule has 5 rings (SSSR count). The monoisotopic (exact) mass is 563 g/mol. The molecular weight excluding hydrogens is 541 g/mol. The lowest BCUT2D eigenvalue weighted by Gasteiger charge is -2.31. The van der Waals surface area contributed by atoms with E-state index in [9.17, 15) is 13.2 Å². The summed E-state index contributed by atoms with van der Waals surface area (Å²) >= 11 is 12.2. The highest BCUT2D eigenvalue weighted by atomic mass is 35.5. The molecule has 37 heavy (non-hydrogen) atoms. The van der Waals surface area contributed by atoms with Gasteiger partial charge < -0.3 is 24.4 Å². The van der Waals surface area contributed by atoms with Crippen LogP contribution in [0.15, 0.2) is 59.5 Å². The van der Waals surface area contributed by atoms with Crippen molar-refractivity contribution in [1.82, 2.24) is 0 Å². The van der Waals surface area contributed by atoms with Crippen LogP contribution >= 0.6 is 23.2 Å². The lowest BCUT2D eigenvalue weighted by atomic mass is 10.1. The number of carbonyl (C=O) groups excluding carboxylic acids is 1. The van der Waals surface area contributed by atoms with Gasteiger partial charge in [0.2, 0.25) is 0 Å². The topological polar surface area (TPSA) is 106 Å². The van der Waals surface area contributed by atoms with Gasteiger partial charge in [-0.25, -0.2) is 8.42 Å². The van der Waals surface area contributed by atoms with E-state index in [0.717, 1.165) is 0 Å². The Morgan fingerprint density at radius 2 is 1.59 bits per heavy atom. The fourth-order valence-corrected chi connectivity index (χ4v) is 5.51. The van der Waals surface area contributed by atoms with Gasteiger partial charge in [-0.3, -0.25) is 9.52 Å². The second kappa shape index (κ2) is 10.7. The number of rotatable bonds is 6. The third kappa shape index (κ3) is 5.72. The van der Waals surface area contributed by atoms with Gasteiger partial charge in [0.05, 0.1) is 40.2 Å². The molecule has 2 N–H and O–H groups in total. The van der Waals surface area contributed by atoms with Gasteiger partial charge in [-0.15, -0.1) is 0 Å². The zero-order valence-electron chi connectivity index (χ0n) is 19.5. The molecule has 0 aromatic heterocycles. The number of benzene rings is 3. The summed E-state index contributed by atoms with van der Waals surface area (Å²) in [6.45, 7) is 3.06. The predicted octanol–water partition coefficient (Wildman–Crippen LogP) is 4.65. The second-order valence-corrected chi connectivity index (χ2v) is 10.8. The van der Waals surface area contributed by atoms with Gasteiger partial charge in [-0.1, -0.05) is 23.2 Å². The summed E-state index contributed by atoms with van der Waals surface area (Å²) in [5.41, 5.74) is 1.50. The van der Waals surface area contributed by atoms with E-state index in [1.165, 1.54) is 24.3 Å². The maximum Gasteiger partial charge on any atom is 0.262 e. The smallest absolute Gasteiger partial charge is 0.262 e. The molecule has 2 heterocycles. The fraction of sp³-hybridized carbons (Fsp3) is 0.240. The zero-order chi connectivity index (χ0) is 26.0. The number of morpholine rings is 1. The molecule has 1 saturated heterocycles. The molecular formula is C25H23Cl2N3O6S. The molecule has 0 unspecified atom stereocenters. The van der Waals surface area contributed by atoms with Crippen molar-refractivity contribution in [3.8, 4) is 11.5 Å². The second-order valence-electron chi connectivity index (χ2n) is 8.32. The normalized spacial score (nSPS) is 15.2. The van der Waals surface area contributed by atoms with Gasteiger partial charge in [0.15, 0.2) is 11.5 Å².